The molecule has 3 rings (SSSR count). The lowest BCUT2D eigenvalue weighted by atomic mass is 10.2. The van der Waals surface area contributed by atoms with Crippen LogP contribution in [0, 0.1) is 6.92 Å². The second-order valence-electron chi connectivity index (χ2n) is 5.83. The summed E-state index contributed by atoms with van der Waals surface area (Å²) in [5.74, 6) is 0.889. The topological polar surface area (TPSA) is 55.2 Å². The van der Waals surface area contributed by atoms with Gasteiger partial charge in [-0.3, -0.25) is 0 Å². The Kier molecular flexibility index (Phi) is 4.06. The number of aromatic nitrogens is 2. The van der Waals surface area contributed by atoms with E-state index in [-0.39, 0.29) is 11.8 Å². The van der Waals surface area contributed by atoms with Gasteiger partial charge in [0.15, 0.2) is 0 Å². The standard InChI is InChI=1S/C16H21N3O2S/c1-13-11-17-16(18(13)2)15-9-6-10-19(15)22(20,21)12-14-7-4-3-5-8-14/h3-5,7-8,11,15H,6,9-10,12H2,1-2H3. The molecule has 0 bridgehead atoms. The zero-order chi connectivity index (χ0) is 15.7. The predicted molar refractivity (Wildman–Crippen MR) is 85.7 cm³/mol. The van der Waals surface area contributed by atoms with Crippen LogP contribution >= 0.6 is 0 Å². The van der Waals surface area contributed by atoms with Gasteiger partial charge in [0.25, 0.3) is 0 Å². The molecule has 1 aliphatic heterocycles. The molecule has 0 N–H and O–H groups in total. The van der Waals surface area contributed by atoms with Crippen LogP contribution in [0.4, 0.5) is 0 Å². The molecular formula is C16H21N3O2S. The number of sulfonamides is 1. The molecule has 1 fully saturated rings. The summed E-state index contributed by atoms with van der Waals surface area (Å²) < 4.78 is 29.2. The van der Waals surface area contributed by atoms with Crippen LogP contribution in [0.5, 0.6) is 0 Å². The van der Waals surface area contributed by atoms with Crippen LogP contribution in [-0.4, -0.2) is 28.8 Å². The molecular weight excluding hydrogens is 298 g/mol. The number of hydrogen-bond acceptors (Lipinski definition) is 3. The predicted octanol–water partition coefficient (Wildman–Crippen LogP) is 2.40. The van der Waals surface area contributed by atoms with E-state index in [2.05, 4.69) is 4.98 Å². The lowest BCUT2D eigenvalue weighted by Crippen LogP contribution is -2.33. The molecule has 5 nitrogen and oxygen atoms in total. The summed E-state index contributed by atoms with van der Waals surface area (Å²) in [4.78, 5) is 4.42. The summed E-state index contributed by atoms with van der Waals surface area (Å²) in [5.41, 5.74) is 1.87. The molecule has 118 valence electrons. The van der Waals surface area contributed by atoms with E-state index >= 15 is 0 Å². The van der Waals surface area contributed by atoms with Gasteiger partial charge in [-0.05, 0) is 25.3 Å². The van der Waals surface area contributed by atoms with Gasteiger partial charge in [0.2, 0.25) is 10.0 Å². The molecule has 0 radical (unpaired) electrons. The van der Waals surface area contributed by atoms with Crippen molar-refractivity contribution in [3.05, 3.63) is 53.6 Å². The Morgan fingerprint density at radius 1 is 1.27 bits per heavy atom. The van der Waals surface area contributed by atoms with Gasteiger partial charge in [-0.15, -0.1) is 0 Å². The monoisotopic (exact) mass is 319 g/mol. The number of hydrogen-bond donors (Lipinski definition) is 0. The van der Waals surface area contributed by atoms with Crippen molar-refractivity contribution >= 4 is 10.0 Å². The molecule has 2 heterocycles. The maximum atomic E-state index is 12.8. The van der Waals surface area contributed by atoms with Crippen LogP contribution in [0.15, 0.2) is 36.5 Å². The zero-order valence-electron chi connectivity index (χ0n) is 12.9. The Morgan fingerprint density at radius 3 is 2.64 bits per heavy atom. The van der Waals surface area contributed by atoms with E-state index < -0.39 is 10.0 Å². The summed E-state index contributed by atoms with van der Waals surface area (Å²) in [6.45, 7) is 2.56. The zero-order valence-corrected chi connectivity index (χ0v) is 13.8. The maximum absolute atomic E-state index is 12.8. The summed E-state index contributed by atoms with van der Waals surface area (Å²) in [7, 11) is -1.40. The van der Waals surface area contributed by atoms with Crippen molar-refractivity contribution in [2.45, 2.75) is 31.6 Å². The molecule has 0 spiro atoms. The van der Waals surface area contributed by atoms with Gasteiger partial charge in [-0.25, -0.2) is 13.4 Å². The lowest BCUT2D eigenvalue weighted by Gasteiger charge is -2.24. The van der Waals surface area contributed by atoms with Gasteiger partial charge in [0, 0.05) is 25.5 Å². The van der Waals surface area contributed by atoms with E-state index in [1.54, 1.807) is 10.5 Å². The average Bonchev–Trinajstić information content (AvgIpc) is 3.08. The Labute approximate surface area is 131 Å². The van der Waals surface area contributed by atoms with Crippen LogP contribution in [0.1, 0.15) is 36.0 Å². The van der Waals surface area contributed by atoms with E-state index in [0.717, 1.165) is 29.9 Å². The minimum Gasteiger partial charge on any atom is -0.334 e. The summed E-state index contributed by atoms with van der Waals surface area (Å²) in [5, 5.41) is 0. The first-order valence-electron chi connectivity index (χ1n) is 7.51. The fourth-order valence-electron chi connectivity index (χ4n) is 3.02. The highest BCUT2D eigenvalue weighted by atomic mass is 32.2. The third kappa shape index (κ3) is 2.80. The number of rotatable bonds is 4. The summed E-state index contributed by atoms with van der Waals surface area (Å²) in [6, 6.07) is 9.20. The highest BCUT2D eigenvalue weighted by molar-refractivity contribution is 7.88. The van der Waals surface area contributed by atoms with E-state index in [1.807, 2.05) is 48.9 Å². The highest BCUT2D eigenvalue weighted by Gasteiger charge is 2.37. The molecule has 1 aromatic carbocycles. The normalized spacial score (nSPS) is 19.6. The van der Waals surface area contributed by atoms with Gasteiger partial charge >= 0.3 is 0 Å². The molecule has 1 atom stereocenters. The first kappa shape index (κ1) is 15.2. The van der Waals surface area contributed by atoms with Gasteiger partial charge < -0.3 is 4.57 Å². The molecule has 1 unspecified atom stereocenters. The van der Waals surface area contributed by atoms with Gasteiger partial charge in [-0.2, -0.15) is 4.31 Å². The Hall–Kier alpha value is -1.66. The first-order valence-corrected chi connectivity index (χ1v) is 9.11. The second kappa shape index (κ2) is 5.85. The highest BCUT2D eigenvalue weighted by Crippen LogP contribution is 2.34. The quantitative estimate of drug-likeness (QED) is 0.869. The first-order chi connectivity index (χ1) is 10.5. The lowest BCUT2D eigenvalue weighted by molar-refractivity contribution is 0.376. The van der Waals surface area contributed by atoms with Crippen molar-refractivity contribution in [2.24, 2.45) is 7.05 Å². The molecule has 1 aromatic heterocycles. The smallest absolute Gasteiger partial charge is 0.218 e. The van der Waals surface area contributed by atoms with Crippen LogP contribution in [0.2, 0.25) is 0 Å². The second-order valence-corrected chi connectivity index (χ2v) is 7.75. The third-order valence-electron chi connectivity index (χ3n) is 4.31. The summed E-state index contributed by atoms with van der Waals surface area (Å²) >= 11 is 0. The molecule has 1 saturated heterocycles. The minimum absolute atomic E-state index is 0.0494. The van der Waals surface area contributed by atoms with Gasteiger partial charge in [0.05, 0.1) is 11.8 Å². The number of nitrogens with zero attached hydrogens (tertiary/aromatic N) is 3. The van der Waals surface area contributed by atoms with E-state index in [4.69, 9.17) is 0 Å². The molecule has 6 heteroatoms. The van der Waals surface area contributed by atoms with Crippen LogP contribution in [0.25, 0.3) is 0 Å². The molecule has 22 heavy (non-hydrogen) atoms. The van der Waals surface area contributed by atoms with Crippen molar-refractivity contribution in [3.63, 3.8) is 0 Å². The Morgan fingerprint density at radius 2 is 2.00 bits per heavy atom. The number of aryl methyl sites for hydroxylation is 1. The van der Waals surface area contributed by atoms with Crippen LogP contribution in [-0.2, 0) is 22.8 Å². The van der Waals surface area contributed by atoms with Crippen molar-refractivity contribution in [1.29, 1.82) is 0 Å². The molecule has 0 saturated carbocycles. The van der Waals surface area contributed by atoms with E-state index in [1.165, 1.54) is 0 Å². The van der Waals surface area contributed by atoms with E-state index in [0.29, 0.717) is 6.54 Å². The molecule has 2 aromatic rings. The number of benzene rings is 1. The maximum Gasteiger partial charge on any atom is 0.218 e. The fourth-order valence-corrected chi connectivity index (χ4v) is 4.80. The molecule has 0 amide bonds. The van der Waals surface area contributed by atoms with Crippen LogP contribution in [0.3, 0.4) is 0 Å². The van der Waals surface area contributed by atoms with Gasteiger partial charge in [0.1, 0.15) is 5.82 Å². The SMILES string of the molecule is Cc1cnc(C2CCCN2S(=O)(=O)Cc2ccccc2)n1C. The Bertz CT molecular complexity index is 753. The third-order valence-corrected chi connectivity index (χ3v) is 6.16. The minimum atomic E-state index is -3.34. The van der Waals surface area contributed by atoms with Crippen molar-refractivity contribution < 1.29 is 8.42 Å². The van der Waals surface area contributed by atoms with E-state index in [9.17, 15) is 8.42 Å². The number of imidazole rings is 1. The molecule has 1 aliphatic rings. The van der Waals surface area contributed by atoms with Crippen molar-refractivity contribution in [1.82, 2.24) is 13.9 Å². The van der Waals surface area contributed by atoms with Crippen LogP contribution < -0.4 is 0 Å². The fraction of sp³-hybridized carbons (Fsp3) is 0.438. The van der Waals surface area contributed by atoms with Crippen molar-refractivity contribution in [2.75, 3.05) is 6.54 Å². The van der Waals surface area contributed by atoms with Crippen molar-refractivity contribution in [3.8, 4) is 0 Å². The molecule has 0 aliphatic carbocycles. The summed E-state index contributed by atoms with van der Waals surface area (Å²) in [6.07, 6.45) is 3.51. The Balaban J connectivity index is 1.88. The average molecular weight is 319 g/mol. The van der Waals surface area contributed by atoms with Gasteiger partial charge in [-0.1, -0.05) is 30.3 Å². The largest absolute Gasteiger partial charge is 0.334 e.